The summed E-state index contributed by atoms with van der Waals surface area (Å²) in [6.45, 7) is 2.87. The molecule has 0 fully saturated rings. The molecule has 1 rings (SSSR count). The maximum atomic E-state index is 11.6. The molecule has 6 heteroatoms. The van der Waals surface area contributed by atoms with E-state index in [1.54, 1.807) is 12.1 Å². The number of methoxy groups -OCH3 is 1. The number of hydrogen-bond acceptors (Lipinski definition) is 5. The van der Waals surface area contributed by atoms with Gasteiger partial charge in [0.1, 0.15) is 6.61 Å². The van der Waals surface area contributed by atoms with Crippen LogP contribution >= 0.6 is 0 Å². The molecule has 0 spiro atoms. The summed E-state index contributed by atoms with van der Waals surface area (Å²) in [5, 5.41) is 12.1. The monoisotopic (exact) mass is 281 g/mol. The first-order valence-corrected chi connectivity index (χ1v) is 6.12. The third-order valence-corrected chi connectivity index (χ3v) is 2.62. The fourth-order valence-corrected chi connectivity index (χ4v) is 1.52. The van der Waals surface area contributed by atoms with Crippen molar-refractivity contribution < 1.29 is 24.2 Å². The van der Waals surface area contributed by atoms with Gasteiger partial charge in [0, 0.05) is 0 Å². The van der Waals surface area contributed by atoms with Crippen molar-refractivity contribution in [1.29, 1.82) is 0 Å². The van der Waals surface area contributed by atoms with E-state index in [0.29, 0.717) is 0 Å². The molecule has 0 saturated carbocycles. The molecule has 1 unspecified atom stereocenters. The number of carbonyl (C=O) groups is 2. The van der Waals surface area contributed by atoms with Crippen molar-refractivity contribution in [2.24, 2.45) is 0 Å². The molecule has 1 aromatic rings. The van der Waals surface area contributed by atoms with Gasteiger partial charge in [-0.2, -0.15) is 0 Å². The largest absolute Gasteiger partial charge is 0.467 e. The summed E-state index contributed by atoms with van der Waals surface area (Å²) >= 11 is 0. The number of amides is 1. The Morgan fingerprint density at radius 1 is 1.30 bits per heavy atom. The highest BCUT2D eigenvalue weighted by Gasteiger charge is 2.36. The van der Waals surface area contributed by atoms with E-state index in [1.165, 1.54) is 21.0 Å². The molecule has 0 heterocycles. The number of esters is 1. The van der Waals surface area contributed by atoms with Crippen molar-refractivity contribution in [3.63, 3.8) is 0 Å². The van der Waals surface area contributed by atoms with E-state index in [2.05, 4.69) is 10.1 Å². The van der Waals surface area contributed by atoms with Gasteiger partial charge in [-0.15, -0.1) is 0 Å². The molecule has 1 amide bonds. The predicted octanol–water partition coefficient (Wildman–Crippen LogP) is 1.23. The first kappa shape index (κ1) is 16.0. The number of rotatable bonds is 5. The highest BCUT2D eigenvalue weighted by atomic mass is 16.6. The van der Waals surface area contributed by atoms with Crippen LogP contribution in [0.5, 0.6) is 0 Å². The molecule has 2 N–H and O–H groups in total. The van der Waals surface area contributed by atoms with Crippen molar-refractivity contribution >= 4 is 12.1 Å². The molecule has 0 saturated heterocycles. The van der Waals surface area contributed by atoms with Crippen LogP contribution in [-0.4, -0.2) is 35.9 Å². The van der Waals surface area contributed by atoms with Crippen LogP contribution in [0.4, 0.5) is 4.79 Å². The number of aliphatic hydroxyl groups is 1. The quantitative estimate of drug-likeness (QED) is 0.793. The van der Waals surface area contributed by atoms with Crippen molar-refractivity contribution in [2.45, 2.75) is 32.1 Å². The molecule has 0 bridgehead atoms. The van der Waals surface area contributed by atoms with Gasteiger partial charge in [-0.1, -0.05) is 30.3 Å². The summed E-state index contributed by atoms with van der Waals surface area (Å²) in [6.07, 6.45) is -0.800. The maximum absolute atomic E-state index is 11.6. The Morgan fingerprint density at radius 2 is 1.90 bits per heavy atom. The maximum Gasteiger partial charge on any atom is 0.408 e. The fourth-order valence-electron chi connectivity index (χ4n) is 1.52. The minimum absolute atomic E-state index is 0.0758. The third-order valence-electron chi connectivity index (χ3n) is 2.62. The van der Waals surface area contributed by atoms with E-state index in [9.17, 15) is 14.7 Å². The second-order valence-corrected chi connectivity index (χ2v) is 4.82. The van der Waals surface area contributed by atoms with Crippen LogP contribution in [0, 0.1) is 0 Å². The molecule has 0 aliphatic rings. The average molecular weight is 281 g/mol. The summed E-state index contributed by atoms with van der Waals surface area (Å²) in [5.41, 5.74) is -0.640. The smallest absolute Gasteiger partial charge is 0.408 e. The molecule has 0 aliphatic carbocycles. The van der Waals surface area contributed by atoms with Gasteiger partial charge in [0.25, 0.3) is 0 Å². The lowest BCUT2D eigenvalue weighted by Crippen LogP contribution is -2.54. The van der Waals surface area contributed by atoms with Gasteiger partial charge >= 0.3 is 12.1 Å². The standard InChI is InChI=1S/C14H19NO5/c1-14(2,18)11(12(16)19-3)15-13(17)20-9-10-7-5-4-6-8-10/h4-8,11,18H,9H2,1-3H3,(H,15,17). The zero-order valence-electron chi connectivity index (χ0n) is 11.8. The van der Waals surface area contributed by atoms with Gasteiger partial charge in [-0.25, -0.2) is 9.59 Å². The summed E-state index contributed by atoms with van der Waals surface area (Å²) in [6, 6.07) is 7.92. The molecule has 110 valence electrons. The van der Waals surface area contributed by atoms with Crippen LogP contribution < -0.4 is 5.32 Å². The van der Waals surface area contributed by atoms with Crippen LogP contribution in [0.3, 0.4) is 0 Å². The molecule has 20 heavy (non-hydrogen) atoms. The predicted molar refractivity (Wildman–Crippen MR) is 71.9 cm³/mol. The molecule has 0 aliphatic heterocycles. The summed E-state index contributed by atoms with van der Waals surface area (Å²) in [7, 11) is 1.18. The zero-order chi connectivity index (χ0) is 15.2. The lowest BCUT2D eigenvalue weighted by molar-refractivity contribution is -0.149. The van der Waals surface area contributed by atoms with Crippen molar-refractivity contribution in [1.82, 2.24) is 5.32 Å². The Labute approximate surface area is 117 Å². The second-order valence-electron chi connectivity index (χ2n) is 4.82. The Hall–Kier alpha value is -2.08. The van der Waals surface area contributed by atoms with E-state index < -0.39 is 23.7 Å². The summed E-state index contributed by atoms with van der Waals surface area (Å²) in [5.74, 6) is -0.742. The lowest BCUT2D eigenvalue weighted by atomic mass is 9.99. The minimum atomic E-state index is -1.46. The third kappa shape index (κ3) is 4.89. The fraction of sp³-hybridized carbons (Fsp3) is 0.429. The average Bonchev–Trinajstić information content (AvgIpc) is 2.41. The SMILES string of the molecule is COC(=O)C(NC(=O)OCc1ccccc1)C(C)(C)O. The van der Waals surface area contributed by atoms with Crippen LogP contribution in [0.1, 0.15) is 19.4 Å². The normalized spacial score (nSPS) is 12.4. The number of alkyl carbamates (subject to hydrolysis) is 1. The number of benzene rings is 1. The summed E-state index contributed by atoms with van der Waals surface area (Å²) in [4.78, 5) is 23.2. The van der Waals surface area contributed by atoms with E-state index in [-0.39, 0.29) is 6.61 Å². The number of nitrogens with one attached hydrogen (secondary N) is 1. The Kier molecular flexibility index (Phi) is 5.52. The first-order valence-electron chi connectivity index (χ1n) is 6.12. The molecule has 0 aromatic heterocycles. The molecular weight excluding hydrogens is 262 g/mol. The van der Waals surface area contributed by atoms with Gasteiger partial charge in [0.05, 0.1) is 12.7 Å². The molecule has 1 atom stereocenters. The number of carbonyl (C=O) groups excluding carboxylic acids is 2. The van der Waals surface area contributed by atoms with Crippen molar-refractivity contribution in [2.75, 3.05) is 7.11 Å². The molecule has 6 nitrogen and oxygen atoms in total. The van der Waals surface area contributed by atoms with Crippen LogP contribution in [0.15, 0.2) is 30.3 Å². The second kappa shape index (κ2) is 6.91. The van der Waals surface area contributed by atoms with E-state index >= 15 is 0 Å². The molecule has 0 radical (unpaired) electrons. The molecule has 1 aromatic carbocycles. The highest BCUT2D eigenvalue weighted by Crippen LogP contribution is 2.10. The van der Waals surface area contributed by atoms with E-state index in [0.717, 1.165) is 5.56 Å². The van der Waals surface area contributed by atoms with Gasteiger partial charge in [-0.05, 0) is 19.4 Å². The Balaban J connectivity index is 2.57. The Bertz CT molecular complexity index is 452. The van der Waals surface area contributed by atoms with Crippen molar-refractivity contribution in [3.05, 3.63) is 35.9 Å². The van der Waals surface area contributed by atoms with Crippen LogP contribution in [0.25, 0.3) is 0 Å². The zero-order valence-corrected chi connectivity index (χ0v) is 11.8. The molecular formula is C14H19NO5. The van der Waals surface area contributed by atoms with Crippen LogP contribution in [0.2, 0.25) is 0 Å². The van der Waals surface area contributed by atoms with E-state index in [4.69, 9.17) is 4.74 Å². The first-order chi connectivity index (χ1) is 9.34. The van der Waals surface area contributed by atoms with Gasteiger partial charge in [0.15, 0.2) is 6.04 Å². The van der Waals surface area contributed by atoms with Crippen molar-refractivity contribution in [3.8, 4) is 0 Å². The van der Waals surface area contributed by atoms with Gasteiger partial charge < -0.3 is 19.9 Å². The lowest BCUT2D eigenvalue weighted by Gasteiger charge is -2.27. The minimum Gasteiger partial charge on any atom is -0.467 e. The topological polar surface area (TPSA) is 84.9 Å². The number of ether oxygens (including phenoxy) is 2. The van der Waals surface area contributed by atoms with Gasteiger partial charge in [0.2, 0.25) is 0 Å². The highest BCUT2D eigenvalue weighted by molar-refractivity contribution is 5.82. The Morgan fingerprint density at radius 3 is 2.40 bits per heavy atom. The summed E-state index contributed by atoms with van der Waals surface area (Å²) < 4.78 is 9.51. The van der Waals surface area contributed by atoms with Crippen LogP contribution in [-0.2, 0) is 20.9 Å². The van der Waals surface area contributed by atoms with Gasteiger partial charge in [-0.3, -0.25) is 0 Å². The number of hydrogen-bond donors (Lipinski definition) is 2. The van der Waals surface area contributed by atoms with E-state index in [1.807, 2.05) is 18.2 Å².